The van der Waals surface area contributed by atoms with Crippen molar-refractivity contribution in [3.8, 4) is 16.9 Å². The van der Waals surface area contributed by atoms with Crippen molar-refractivity contribution in [3.05, 3.63) is 45.5 Å². The maximum atomic E-state index is 13.6. The fraction of sp³-hybridized carbons (Fsp3) is 0.375. The predicted octanol–water partition coefficient (Wildman–Crippen LogP) is 1.41. The minimum Gasteiger partial charge on any atom is -0.492 e. The van der Waals surface area contributed by atoms with Gasteiger partial charge in [0.1, 0.15) is 27.6 Å². The van der Waals surface area contributed by atoms with E-state index in [1.165, 1.54) is 17.5 Å². The Balaban J connectivity index is 1.58. The van der Waals surface area contributed by atoms with Crippen LogP contribution in [0.3, 0.4) is 0 Å². The zero-order chi connectivity index (χ0) is 27.6. The molecule has 0 spiro atoms. The van der Waals surface area contributed by atoms with Crippen molar-refractivity contribution >= 4 is 38.6 Å². The van der Waals surface area contributed by atoms with E-state index in [9.17, 15) is 18.0 Å². The van der Waals surface area contributed by atoms with Crippen molar-refractivity contribution in [2.75, 3.05) is 17.9 Å². The molecule has 3 aromatic rings. The van der Waals surface area contributed by atoms with E-state index < -0.39 is 33.9 Å². The molecule has 0 amide bonds. The SMILES string of the molecule is Cc1noc(C)c1-c1cc2c(c(S(=O)(=O)Nc3ccsc3C(=O)C(=O)[C@@H](N)CCCNC(N)N)c1)OCC2. The molecule has 2 aromatic heterocycles. The third kappa shape index (κ3) is 5.80. The zero-order valence-corrected chi connectivity index (χ0v) is 22.6. The first kappa shape index (κ1) is 27.9. The molecule has 0 unspecified atom stereocenters. The summed E-state index contributed by atoms with van der Waals surface area (Å²) in [6.07, 6.45) is 0.550. The van der Waals surface area contributed by atoms with Gasteiger partial charge in [-0.25, -0.2) is 8.42 Å². The molecule has 4 rings (SSSR count). The Labute approximate surface area is 223 Å². The topological polar surface area (TPSA) is 206 Å². The van der Waals surface area contributed by atoms with Crippen LogP contribution in [-0.2, 0) is 21.2 Å². The van der Waals surface area contributed by atoms with Crippen molar-refractivity contribution in [2.24, 2.45) is 17.2 Å². The largest absolute Gasteiger partial charge is 0.492 e. The number of Topliss-reactive ketones (excluding diaryl/α,β-unsaturated/α-hetero) is 2. The average molecular weight is 563 g/mol. The predicted molar refractivity (Wildman–Crippen MR) is 142 cm³/mol. The van der Waals surface area contributed by atoms with E-state index in [-0.39, 0.29) is 27.6 Å². The number of ether oxygens (including phenoxy) is 1. The number of nitrogens with one attached hydrogen (secondary N) is 2. The van der Waals surface area contributed by atoms with Crippen LogP contribution < -0.4 is 32.0 Å². The lowest BCUT2D eigenvalue weighted by Crippen LogP contribution is -2.46. The van der Waals surface area contributed by atoms with Gasteiger partial charge in [0, 0.05) is 12.0 Å². The second-order valence-corrected chi connectivity index (χ2v) is 11.5. The van der Waals surface area contributed by atoms with Gasteiger partial charge in [-0.2, -0.15) is 0 Å². The molecule has 1 atom stereocenters. The second kappa shape index (κ2) is 11.3. The number of sulfonamides is 1. The van der Waals surface area contributed by atoms with Crippen molar-refractivity contribution in [1.82, 2.24) is 10.5 Å². The molecule has 1 aliphatic heterocycles. The molecule has 3 heterocycles. The van der Waals surface area contributed by atoms with Crippen LogP contribution in [0.2, 0.25) is 0 Å². The van der Waals surface area contributed by atoms with Crippen LogP contribution >= 0.6 is 11.3 Å². The Morgan fingerprint density at radius 1 is 1.21 bits per heavy atom. The first-order valence-electron chi connectivity index (χ1n) is 11.9. The number of anilines is 1. The molecule has 1 aliphatic rings. The molecule has 0 saturated carbocycles. The summed E-state index contributed by atoms with van der Waals surface area (Å²) in [5.74, 6) is -0.867. The first-order chi connectivity index (χ1) is 18.0. The molecule has 14 heteroatoms. The van der Waals surface area contributed by atoms with Gasteiger partial charge < -0.3 is 26.5 Å². The highest BCUT2D eigenvalue weighted by Crippen LogP contribution is 2.40. The van der Waals surface area contributed by atoms with Crippen LogP contribution in [0.5, 0.6) is 5.75 Å². The standard InChI is InChI=1S/C24H30N6O6S2/c1-12-19(13(2)36-29-12)15-10-14-5-8-35-22(14)18(11-15)38(33,34)30-17-6-9-37-23(17)21(32)20(31)16(25)4-3-7-28-24(26)27/h6,9-11,16,24,28,30H,3-5,7-8,25-27H2,1-2H3/t16-/m0/s1. The van der Waals surface area contributed by atoms with Gasteiger partial charge in [-0.3, -0.25) is 19.6 Å². The van der Waals surface area contributed by atoms with Crippen LogP contribution in [0.25, 0.3) is 11.1 Å². The number of aryl methyl sites for hydroxylation is 2. The quantitative estimate of drug-likeness (QED) is 0.0923. The summed E-state index contributed by atoms with van der Waals surface area (Å²) in [7, 11) is -4.22. The first-order valence-corrected chi connectivity index (χ1v) is 14.3. The molecule has 8 N–H and O–H groups in total. The van der Waals surface area contributed by atoms with Crippen molar-refractivity contribution in [1.29, 1.82) is 0 Å². The Hall–Kier alpha value is -3.14. The molecule has 0 aliphatic carbocycles. The van der Waals surface area contributed by atoms with E-state index >= 15 is 0 Å². The Morgan fingerprint density at radius 2 is 1.97 bits per heavy atom. The summed E-state index contributed by atoms with van der Waals surface area (Å²) in [6.45, 7) is 4.29. The fourth-order valence-electron chi connectivity index (χ4n) is 4.28. The van der Waals surface area contributed by atoms with Crippen molar-refractivity contribution < 1.29 is 27.3 Å². The molecule has 0 bridgehead atoms. The highest BCUT2D eigenvalue weighted by atomic mass is 32.2. The van der Waals surface area contributed by atoms with E-state index in [0.29, 0.717) is 48.6 Å². The summed E-state index contributed by atoms with van der Waals surface area (Å²) < 4.78 is 40.6. The van der Waals surface area contributed by atoms with E-state index in [1.807, 2.05) is 6.07 Å². The molecular weight excluding hydrogens is 532 g/mol. The summed E-state index contributed by atoms with van der Waals surface area (Å²) in [6, 6.07) is 3.74. The lowest BCUT2D eigenvalue weighted by atomic mass is 10.0. The molecule has 0 radical (unpaired) electrons. The van der Waals surface area contributed by atoms with Crippen LogP contribution in [0.4, 0.5) is 5.69 Å². The zero-order valence-electron chi connectivity index (χ0n) is 20.9. The fourth-order valence-corrected chi connectivity index (χ4v) is 6.42. The van der Waals surface area contributed by atoms with Gasteiger partial charge in [-0.05, 0) is 67.9 Å². The monoisotopic (exact) mass is 562 g/mol. The van der Waals surface area contributed by atoms with Gasteiger partial charge in [0.2, 0.25) is 11.6 Å². The van der Waals surface area contributed by atoms with Gasteiger partial charge >= 0.3 is 0 Å². The molecular formula is C24H30N6O6S2. The number of hydrogen-bond acceptors (Lipinski definition) is 12. The number of thiophene rings is 1. The molecule has 0 fully saturated rings. The number of nitrogens with zero attached hydrogens (tertiary/aromatic N) is 1. The van der Waals surface area contributed by atoms with Gasteiger partial charge in [0.05, 0.1) is 24.0 Å². The number of nitrogens with two attached hydrogens (primary N) is 3. The van der Waals surface area contributed by atoms with E-state index in [2.05, 4.69) is 15.2 Å². The number of ketones is 2. The van der Waals surface area contributed by atoms with Gasteiger partial charge in [-0.15, -0.1) is 11.3 Å². The maximum Gasteiger partial charge on any atom is 0.265 e. The Bertz CT molecular complexity index is 1440. The smallest absolute Gasteiger partial charge is 0.265 e. The number of hydrogen-bond donors (Lipinski definition) is 5. The van der Waals surface area contributed by atoms with Gasteiger partial charge in [-0.1, -0.05) is 5.16 Å². The third-order valence-electron chi connectivity index (χ3n) is 6.11. The van der Waals surface area contributed by atoms with Gasteiger partial charge in [0.15, 0.2) is 0 Å². The molecule has 0 saturated heterocycles. The van der Waals surface area contributed by atoms with Crippen LogP contribution in [0.1, 0.15) is 39.5 Å². The third-order valence-corrected chi connectivity index (χ3v) is 8.39. The molecule has 204 valence electrons. The average Bonchev–Trinajstić information content (AvgIpc) is 3.60. The molecule has 38 heavy (non-hydrogen) atoms. The van der Waals surface area contributed by atoms with Crippen molar-refractivity contribution in [3.63, 3.8) is 0 Å². The number of carbonyl (C=O) groups is 2. The summed E-state index contributed by atoms with van der Waals surface area (Å²) >= 11 is 0.952. The lowest BCUT2D eigenvalue weighted by molar-refractivity contribution is -0.116. The normalized spacial score (nSPS) is 13.8. The van der Waals surface area contributed by atoms with E-state index in [4.69, 9.17) is 26.5 Å². The maximum absolute atomic E-state index is 13.6. The highest BCUT2D eigenvalue weighted by molar-refractivity contribution is 7.92. The van der Waals surface area contributed by atoms with E-state index in [1.54, 1.807) is 13.8 Å². The minimum atomic E-state index is -4.22. The number of fused-ring (bicyclic) bond motifs is 1. The second-order valence-electron chi connectivity index (χ2n) is 8.95. The minimum absolute atomic E-state index is 0.00851. The summed E-state index contributed by atoms with van der Waals surface area (Å²) in [5, 5.41) is 8.29. The summed E-state index contributed by atoms with van der Waals surface area (Å²) in [4.78, 5) is 25.5. The van der Waals surface area contributed by atoms with Crippen LogP contribution in [-0.4, -0.2) is 50.6 Å². The van der Waals surface area contributed by atoms with Crippen LogP contribution in [0, 0.1) is 13.8 Å². The molecule has 12 nitrogen and oxygen atoms in total. The Kier molecular flexibility index (Phi) is 8.30. The lowest BCUT2D eigenvalue weighted by Gasteiger charge is -2.14. The molecule has 1 aromatic carbocycles. The number of carbonyl (C=O) groups excluding carboxylic acids is 2. The number of rotatable bonds is 12. The highest BCUT2D eigenvalue weighted by Gasteiger charge is 2.31. The van der Waals surface area contributed by atoms with Gasteiger partial charge in [0.25, 0.3) is 10.0 Å². The number of benzene rings is 1. The number of aromatic nitrogens is 1. The van der Waals surface area contributed by atoms with E-state index in [0.717, 1.165) is 16.9 Å². The summed E-state index contributed by atoms with van der Waals surface area (Å²) in [5.41, 5.74) is 19.4. The van der Waals surface area contributed by atoms with Crippen molar-refractivity contribution in [2.45, 2.75) is 50.3 Å². The van der Waals surface area contributed by atoms with Crippen LogP contribution in [0.15, 0.2) is 33.0 Å². The Morgan fingerprint density at radius 3 is 2.66 bits per heavy atom.